The van der Waals surface area contributed by atoms with Crippen LogP contribution in [-0.2, 0) is 0 Å². The van der Waals surface area contributed by atoms with Crippen LogP contribution in [0.2, 0.25) is 0 Å². The molecular formula is C11H23N. The minimum absolute atomic E-state index is 0.370. The summed E-state index contributed by atoms with van der Waals surface area (Å²) in [4.78, 5) is 0. The van der Waals surface area contributed by atoms with Crippen LogP contribution in [0.5, 0.6) is 0 Å². The fourth-order valence-corrected chi connectivity index (χ4v) is 2.31. The molecule has 0 saturated heterocycles. The first-order chi connectivity index (χ1) is 5.56. The lowest BCUT2D eigenvalue weighted by Gasteiger charge is -2.38. The number of hydrogen-bond acceptors (Lipinski definition) is 1. The van der Waals surface area contributed by atoms with Gasteiger partial charge in [0.1, 0.15) is 0 Å². The van der Waals surface area contributed by atoms with Crippen LogP contribution < -0.4 is 5.73 Å². The molecule has 1 saturated carbocycles. The summed E-state index contributed by atoms with van der Waals surface area (Å²) in [5.74, 6) is 1.79. The summed E-state index contributed by atoms with van der Waals surface area (Å²) < 4.78 is 0. The predicted octanol–water partition coefficient (Wildman–Crippen LogP) is 2.80. The number of rotatable bonds is 2. The molecule has 2 N–H and O–H groups in total. The molecule has 1 heteroatoms. The minimum atomic E-state index is 0.370. The van der Waals surface area contributed by atoms with Crippen LogP contribution in [0.4, 0.5) is 0 Å². The molecule has 0 aromatic carbocycles. The fraction of sp³-hybridized carbons (Fsp3) is 1.00. The Morgan fingerprint density at radius 3 is 2.50 bits per heavy atom. The zero-order valence-electron chi connectivity index (χ0n) is 8.77. The molecule has 72 valence electrons. The van der Waals surface area contributed by atoms with Crippen molar-refractivity contribution >= 4 is 0 Å². The molecule has 1 aliphatic rings. The first-order valence-electron chi connectivity index (χ1n) is 5.26. The van der Waals surface area contributed by atoms with E-state index in [1.165, 1.54) is 25.7 Å². The third-order valence-electron chi connectivity index (χ3n) is 3.57. The van der Waals surface area contributed by atoms with Crippen LogP contribution in [-0.4, -0.2) is 6.54 Å². The van der Waals surface area contributed by atoms with Gasteiger partial charge in [-0.1, -0.05) is 33.6 Å². The minimum Gasteiger partial charge on any atom is -0.330 e. The van der Waals surface area contributed by atoms with Crippen molar-refractivity contribution in [3.63, 3.8) is 0 Å². The molecule has 1 aliphatic carbocycles. The van der Waals surface area contributed by atoms with Crippen LogP contribution in [0.25, 0.3) is 0 Å². The Kier molecular flexibility index (Phi) is 3.16. The van der Waals surface area contributed by atoms with Crippen molar-refractivity contribution in [1.29, 1.82) is 0 Å². The van der Waals surface area contributed by atoms with Crippen molar-refractivity contribution in [3.05, 3.63) is 0 Å². The average Bonchev–Trinajstić information content (AvgIpc) is 2.05. The van der Waals surface area contributed by atoms with E-state index in [0.717, 1.165) is 18.4 Å². The zero-order valence-corrected chi connectivity index (χ0v) is 8.77. The SMILES string of the molecule is CC1CCCC(C(C)(C)CN)C1. The Hall–Kier alpha value is -0.0400. The third kappa shape index (κ3) is 2.22. The molecule has 1 rings (SSSR count). The van der Waals surface area contributed by atoms with Gasteiger partial charge in [0, 0.05) is 0 Å². The van der Waals surface area contributed by atoms with E-state index in [1.54, 1.807) is 0 Å². The van der Waals surface area contributed by atoms with Gasteiger partial charge in [-0.05, 0) is 36.6 Å². The van der Waals surface area contributed by atoms with Crippen molar-refractivity contribution in [2.45, 2.75) is 46.5 Å². The van der Waals surface area contributed by atoms with Gasteiger partial charge in [0.05, 0.1) is 0 Å². The second-order valence-electron chi connectivity index (χ2n) is 5.16. The summed E-state index contributed by atoms with van der Waals surface area (Å²) in [5, 5.41) is 0. The van der Waals surface area contributed by atoms with Crippen LogP contribution in [0, 0.1) is 17.3 Å². The second kappa shape index (κ2) is 3.78. The molecule has 0 amide bonds. The van der Waals surface area contributed by atoms with E-state index < -0.39 is 0 Å². The van der Waals surface area contributed by atoms with Gasteiger partial charge in [-0.3, -0.25) is 0 Å². The van der Waals surface area contributed by atoms with Crippen molar-refractivity contribution in [2.75, 3.05) is 6.54 Å². The van der Waals surface area contributed by atoms with Gasteiger partial charge in [-0.15, -0.1) is 0 Å². The van der Waals surface area contributed by atoms with Crippen molar-refractivity contribution in [2.24, 2.45) is 23.0 Å². The lowest BCUT2D eigenvalue weighted by molar-refractivity contribution is 0.138. The summed E-state index contributed by atoms with van der Waals surface area (Å²) in [5.41, 5.74) is 6.15. The second-order valence-corrected chi connectivity index (χ2v) is 5.16. The summed E-state index contributed by atoms with van der Waals surface area (Å²) in [6, 6.07) is 0. The average molecular weight is 169 g/mol. The highest BCUT2D eigenvalue weighted by atomic mass is 14.6. The van der Waals surface area contributed by atoms with E-state index in [9.17, 15) is 0 Å². The third-order valence-corrected chi connectivity index (χ3v) is 3.57. The smallest absolute Gasteiger partial charge is 0.00232 e. The topological polar surface area (TPSA) is 26.0 Å². The van der Waals surface area contributed by atoms with E-state index in [4.69, 9.17) is 5.73 Å². The molecular weight excluding hydrogens is 146 g/mol. The quantitative estimate of drug-likeness (QED) is 0.676. The van der Waals surface area contributed by atoms with Crippen molar-refractivity contribution < 1.29 is 0 Å². The fourth-order valence-electron chi connectivity index (χ4n) is 2.31. The molecule has 0 spiro atoms. The maximum absolute atomic E-state index is 5.78. The van der Waals surface area contributed by atoms with E-state index in [2.05, 4.69) is 20.8 Å². The molecule has 12 heavy (non-hydrogen) atoms. The van der Waals surface area contributed by atoms with E-state index >= 15 is 0 Å². The van der Waals surface area contributed by atoms with Gasteiger partial charge < -0.3 is 5.73 Å². The van der Waals surface area contributed by atoms with Gasteiger partial charge in [0.25, 0.3) is 0 Å². The van der Waals surface area contributed by atoms with Crippen LogP contribution in [0.3, 0.4) is 0 Å². The van der Waals surface area contributed by atoms with E-state index in [0.29, 0.717) is 5.41 Å². The monoisotopic (exact) mass is 169 g/mol. The van der Waals surface area contributed by atoms with Gasteiger partial charge in [0.2, 0.25) is 0 Å². The molecule has 0 aliphatic heterocycles. The Labute approximate surface area is 76.7 Å². The summed E-state index contributed by atoms with van der Waals surface area (Å²) in [6.45, 7) is 7.84. The standard InChI is InChI=1S/C11H23N/c1-9-5-4-6-10(7-9)11(2,3)8-12/h9-10H,4-8,12H2,1-3H3. The zero-order chi connectivity index (χ0) is 9.19. The molecule has 0 aromatic heterocycles. The van der Waals surface area contributed by atoms with E-state index in [-0.39, 0.29) is 0 Å². The largest absolute Gasteiger partial charge is 0.330 e. The molecule has 0 aromatic rings. The molecule has 1 fully saturated rings. The first-order valence-corrected chi connectivity index (χ1v) is 5.26. The Morgan fingerprint density at radius 2 is 2.00 bits per heavy atom. The Bertz CT molecular complexity index is 140. The molecule has 0 bridgehead atoms. The van der Waals surface area contributed by atoms with E-state index in [1.807, 2.05) is 0 Å². The highest BCUT2D eigenvalue weighted by Crippen LogP contribution is 2.39. The lowest BCUT2D eigenvalue weighted by atomic mass is 9.68. The lowest BCUT2D eigenvalue weighted by Crippen LogP contribution is -2.35. The molecule has 1 nitrogen and oxygen atoms in total. The van der Waals surface area contributed by atoms with Gasteiger partial charge >= 0.3 is 0 Å². The van der Waals surface area contributed by atoms with Crippen molar-refractivity contribution in [1.82, 2.24) is 0 Å². The number of nitrogens with two attached hydrogens (primary N) is 1. The molecule has 2 atom stereocenters. The maximum atomic E-state index is 5.78. The van der Waals surface area contributed by atoms with Crippen LogP contribution in [0.15, 0.2) is 0 Å². The molecule has 2 unspecified atom stereocenters. The van der Waals surface area contributed by atoms with Crippen LogP contribution >= 0.6 is 0 Å². The van der Waals surface area contributed by atoms with Gasteiger partial charge in [-0.2, -0.15) is 0 Å². The normalized spacial score (nSPS) is 32.0. The van der Waals surface area contributed by atoms with Gasteiger partial charge in [0.15, 0.2) is 0 Å². The first kappa shape index (κ1) is 10.0. The summed E-state index contributed by atoms with van der Waals surface area (Å²) in [6.07, 6.45) is 5.63. The van der Waals surface area contributed by atoms with Gasteiger partial charge in [-0.25, -0.2) is 0 Å². The highest BCUT2D eigenvalue weighted by Gasteiger charge is 2.31. The predicted molar refractivity (Wildman–Crippen MR) is 54.0 cm³/mol. The summed E-state index contributed by atoms with van der Waals surface area (Å²) in [7, 11) is 0. The highest BCUT2D eigenvalue weighted by molar-refractivity contribution is 4.83. The van der Waals surface area contributed by atoms with Crippen LogP contribution in [0.1, 0.15) is 46.5 Å². The number of hydrogen-bond donors (Lipinski definition) is 1. The Balaban J connectivity index is 2.50. The van der Waals surface area contributed by atoms with Crippen molar-refractivity contribution in [3.8, 4) is 0 Å². The molecule has 0 heterocycles. The Morgan fingerprint density at radius 1 is 1.33 bits per heavy atom. The summed E-state index contributed by atoms with van der Waals surface area (Å²) >= 11 is 0. The molecule has 0 radical (unpaired) electrons. The maximum Gasteiger partial charge on any atom is -0.00232 e.